The van der Waals surface area contributed by atoms with Gasteiger partial charge < -0.3 is 4.74 Å². The van der Waals surface area contributed by atoms with Gasteiger partial charge in [0.15, 0.2) is 0 Å². The summed E-state index contributed by atoms with van der Waals surface area (Å²) in [6, 6.07) is 1.73. The van der Waals surface area contributed by atoms with Gasteiger partial charge in [0.1, 0.15) is 5.00 Å². The number of rotatable bonds is 3. The zero-order chi connectivity index (χ0) is 16.3. The molecular weight excluding hydrogens is 314 g/mol. The maximum Gasteiger partial charge on any atom is 0.340 e. The third-order valence-electron chi connectivity index (χ3n) is 5.19. The molecule has 0 aromatic carbocycles. The van der Waals surface area contributed by atoms with E-state index in [2.05, 4.69) is 12.2 Å². The minimum absolute atomic E-state index is 0.161. The predicted octanol–water partition coefficient (Wildman–Crippen LogP) is 2.41. The molecule has 1 aromatic heterocycles. The Labute approximate surface area is 137 Å². The van der Waals surface area contributed by atoms with E-state index in [1.807, 2.05) is 6.92 Å². The zero-order valence-corrected chi connectivity index (χ0v) is 13.8. The van der Waals surface area contributed by atoms with Gasteiger partial charge >= 0.3 is 5.97 Å². The van der Waals surface area contributed by atoms with Crippen LogP contribution in [0.5, 0.6) is 0 Å². The number of imide groups is 1. The monoisotopic (exact) mass is 331 g/mol. The molecule has 4 rings (SSSR count). The van der Waals surface area contributed by atoms with Gasteiger partial charge in [-0.05, 0) is 30.7 Å². The van der Waals surface area contributed by atoms with Crippen molar-refractivity contribution in [3.8, 4) is 0 Å². The molecule has 120 valence electrons. The Hall–Kier alpha value is -1.95. The molecule has 2 amide bonds. The maximum atomic E-state index is 12.9. The van der Waals surface area contributed by atoms with Crippen LogP contribution in [0.25, 0.3) is 0 Å². The van der Waals surface area contributed by atoms with Crippen molar-refractivity contribution in [2.75, 3.05) is 12.0 Å². The predicted molar refractivity (Wildman–Crippen MR) is 85.2 cm³/mol. The average Bonchev–Trinajstić information content (AvgIpc) is 3.29. The molecule has 0 N–H and O–H groups in total. The van der Waals surface area contributed by atoms with Crippen molar-refractivity contribution in [3.05, 3.63) is 28.7 Å². The molecule has 3 aliphatic rings. The number of carbonyl (C=O) groups is 3. The zero-order valence-electron chi connectivity index (χ0n) is 12.9. The molecule has 23 heavy (non-hydrogen) atoms. The molecule has 2 bridgehead atoms. The van der Waals surface area contributed by atoms with Crippen LogP contribution < -0.4 is 4.90 Å². The lowest BCUT2D eigenvalue weighted by molar-refractivity contribution is -0.123. The Morgan fingerprint density at radius 3 is 2.39 bits per heavy atom. The van der Waals surface area contributed by atoms with Crippen LogP contribution in [0.3, 0.4) is 0 Å². The lowest BCUT2D eigenvalue weighted by atomic mass is 9.85. The second-order valence-electron chi connectivity index (χ2n) is 6.29. The lowest BCUT2D eigenvalue weighted by Crippen LogP contribution is -2.33. The largest absolute Gasteiger partial charge is 0.465 e. The second-order valence-corrected chi connectivity index (χ2v) is 7.40. The summed E-state index contributed by atoms with van der Waals surface area (Å²) < 4.78 is 4.82. The van der Waals surface area contributed by atoms with Crippen LogP contribution in [0, 0.1) is 23.7 Å². The Balaban J connectivity index is 1.77. The van der Waals surface area contributed by atoms with E-state index in [0.717, 1.165) is 17.7 Å². The minimum atomic E-state index is -0.505. The number of esters is 1. The van der Waals surface area contributed by atoms with E-state index in [1.54, 1.807) is 6.07 Å². The summed E-state index contributed by atoms with van der Waals surface area (Å²) in [7, 11) is 1.31. The van der Waals surface area contributed by atoms with E-state index in [0.29, 0.717) is 10.6 Å². The number of hydrogen-bond acceptors (Lipinski definition) is 5. The van der Waals surface area contributed by atoms with Gasteiger partial charge in [0.05, 0.1) is 24.5 Å². The normalized spacial score (nSPS) is 31.1. The van der Waals surface area contributed by atoms with Gasteiger partial charge in [0, 0.05) is 4.88 Å². The van der Waals surface area contributed by atoms with Crippen molar-refractivity contribution in [1.29, 1.82) is 0 Å². The number of ether oxygens (including phenoxy) is 1. The summed E-state index contributed by atoms with van der Waals surface area (Å²) in [5.74, 6) is -1.00. The van der Waals surface area contributed by atoms with Gasteiger partial charge in [-0.25, -0.2) is 9.69 Å². The molecule has 0 radical (unpaired) electrons. The Bertz CT molecular complexity index is 720. The average molecular weight is 331 g/mol. The number of hydrogen-bond donors (Lipinski definition) is 0. The Morgan fingerprint density at radius 2 is 1.87 bits per heavy atom. The number of anilines is 1. The number of allylic oxidation sites excluding steroid dienone is 2. The summed E-state index contributed by atoms with van der Waals surface area (Å²) in [5, 5.41) is 0.428. The van der Waals surface area contributed by atoms with E-state index in [-0.39, 0.29) is 35.5 Å². The fraction of sp³-hybridized carbons (Fsp3) is 0.471. The summed E-state index contributed by atoms with van der Waals surface area (Å²) in [6.45, 7) is 1.98. The van der Waals surface area contributed by atoms with Crippen LogP contribution in [0.15, 0.2) is 18.2 Å². The quantitative estimate of drug-likeness (QED) is 0.485. The van der Waals surface area contributed by atoms with E-state index in [1.165, 1.54) is 23.3 Å². The van der Waals surface area contributed by atoms with E-state index in [4.69, 9.17) is 4.74 Å². The number of carbonyl (C=O) groups excluding carboxylic acids is 3. The molecule has 0 unspecified atom stereocenters. The van der Waals surface area contributed by atoms with E-state index in [9.17, 15) is 14.4 Å². The number of fused-ring (bicyclic) bond motifs is 5. The standard InChI is InChI=1S/C17H17NO4S/c1-3-10-7-11(17(21)22-2)16(23-10)18-14(19)12-8-4-5-9(6-8)13(12)15(18)20/h4-5,7-9,12-13H,3,6H2,1-2H3/t8-,9-,12-,13-/m0/s1. The topological polar surface area (TPSA) is 63.7 Å². The Kier molecular flexibility index (Phi) is 3.20. The van der Waals surface area contributed by atoms with E-state index >= 15 is 0 Å². The van der Waals surface area contributed by atoms with Crippen molar-refractivity contribution in [3.63, 3.8) is 0 Å². The van der Waals surface area contributed by atoms with Crippen LogP contribution in [-0.4, -0.2) is 24.9 Å². The van der Waals surface area contributed by atoms with Gasteiger partial charge in [-0.3, -0.25) is 9.59 Å². The number of nitrogens with zero attached hydrogens (tertiary/aromatic N) is 1. The molecule has 1 saturated heterocycles. The van der Waals surface area contributed by atoms with Crippen molar-refractivity contribution in [1.82, 2.24) is 0 Å². The van der Waals surface area contributed by atoms with Crippen LogP contribution in [0.1, 0.15) is 28.6 Å². The first-order valence-electron chi connectivity index (χ1n) is 7.84. The summed E-state index contributed by atoms with van der Waals surface area (Å²) in [6.07, 6.45) is 5.76. The van der Waals surface area contributed by atoms with Crippen molar-refractivity contribution >= 4 is 34.1 Å². The van der Waals surface area contributed by atoms with Crippen molar-refractivity contribution in [2.24, 2.45) is 23.7 Å². The fourth-order valence-electron chi connectivity index (χ4n) is 4.13. The van der Waals surface area contributed by atoms with Gasteiger partial charge in [-0.1, -0.05) is 19.1 Å². The molecule has 2 heterocycles. The molecule has 1 saturated carbocycles. The number of aryl methyl sites for hydroxylation is 1. The van der Waals surface area contributed by atoms with Crippen molar-refractivity contribution < 1.29 is 19.1 Å². The maximum absolute atomic E-state index is 12.9. The van der Waals surface area contributed by atoms with Gasteiger partial charge in [0.25, 0.3) is 0 Å². The summed E-state index contributed by atoms with van der Waals surface area (Å²) in [5.41, 5.74) is 0.316. The highest BCUT2D eigenvalue weighted by atomic mass is 32.1. The lowest BCUT2D eigenvalue weighted by Gasteiger charge is -2.16. The molecule has 5 nitrogen and oxygen atoms in total. The first-order chi connectivity index (χ1) is 11.1. The van der Waals surface area contributed by atoms with Crippen molar-refractivity contribution in [2.45, 2.75) is 19.8 Å². The first kappa shape index (κ1) is 14.6. The molecule has 4 atom stereocenters. The van der Waals surface area contributed by atoms with Crippen LogP contribution in [0.4, 0.5) is 5.00 Å². The number of amides is 2. The van der Waals surface area contributed by atoms with Crippen LogP contribution in [0.2, 0.25) is 0 Å². The van der Waals surface area contributed by atoms with Gasteiger partial charge in [0.2, 0.25) is 11.8 Å². The molecule has 1 aliphatic heterocycles. The molecule has 0 spiro atoms. The summed E-state index contributed by atoms with van der Waals surface area (Å²) >= 11 is 1.33. The second kappa shape index (κ2) is 5.03. The molecule has 6 heteroatoms. The highest BCUT2D eigenvalue weighted by Crippen LogP contribution is 2.54. The minimum Gasteiger partial charge on any atom is -0.465 e. The smallest absolute Gasteiger partial charge is 0.340 e. The molecule has 1 aromatic rings. The van der Waals surface area contributed by atoms with Crippen LogP contribution in [-0.2, 0) is 20.7 Å². The van der Waals surface area contributed by atoms with E-state index < -0.39 is 5.97 Å². The third kappa shape index (κ3) is 1.87. The van der Waals surface area contributed by atoms with Gasteiger partial charge in [-0.2, -0.15) is 0 Å². The molecule has 2 fully saturated rings. The first-order valence-corrected chi connectivity index (χ1v) is 8.65. The molecular formula is C17H17NO4S. The number of methoxy groups -OCH3 is 1. The highest BCUT2D eigenvalue weighted by Gasteiger charge is 2.60. The molecule has 2 aliphatic carbocycles. The highest BCUT2D eigenvalue weighted by molar-refractivity contribution is 7.17. The SMILES string of the molecule is CCc1cc(C(=O)OC)c(N2C(=O)[C@@H]3[C@@H](C2=O)[C@H]2C=C[C@H]3C2)s1. The third-order valence-corrected chi connectivity index (χ3v) is 6.46. The number of thiophene rings is 1. The van der Waals surface area contributed by atoms with Gasteiger partial charge in [-0.15, -0.1) is 11.3 Å². The fourth-order valence-corrected chi connectivity index (χ4v) is 5.22. The summed E-state index contributed by atoms with van der Waals surface area (Å²) in [4.78, 5) is 40.0. The van der Waals surface area contributed by atoms with Crippen LogP contribution >= 0.6 is 11.3 Å². The Morgan fingerprint density at radius 1 is 1.26 bits per heavy atom.